The predicted octanol–water partition coefficient (Wildman–Crippen LogP) is 2.56. The minimum absolute atomic E-state index is 0.0666. The normalized spacial score (nSPS) is 25.8. The first-order chi connectivity index (χ1) is 18.8. The van der Waals surface area contributed by atoms with Gasteiger partial charge in [-0.3, -0.25) is 9.59 Å². The molecule has 0 radical (unpaired) electrons. The van der Waals surface area contributed by atoms with Crippen LogP contribution in [0, 0.1) is 11.3 Å². The zero-order valence-electron chi connectivity index (χ0n) is 21.7. The van der Waals surface area contributed by atoms with Crippen molar-refractivity contribution in [2.24, 2.45) is 11.3 Å². The second kappa shape index (κ2) is 9.20. The molecule has 2 aromatic carbocycles. The number of hydrogen-bond donors (Lipinski definition) is 1. The third kappa shape index (κ3) is 3.56. The Morgan fingerprint density at radius 2 is 1.72 bits per heavy atom. The molecule has 1 aromatic heterocycles. The number of Topliss-reactive ketones (excluding diaryl/α,β-unsaturated/α-hetero) is 1. The average Bonchev–Trinajstić information content (AvgIpc) is 3.20. The van der Waals surface area contributed by atoms with Crippen LogP contribution in [0.2, 0.25) is 0 Å². The monoisotopic (exact) mass is 527 g/mol. The Hall–Kier alpha value is -4.24. The number of rotatable bonds is 5. The molecule has 39 heavy (non-hydrogen) atoms. The maximum Gasteiger partial charge on any atom is 0.352 e. The summed E-state index contributed by atoms with van der Waals surface area (Å²) in [6, 6.07) is 15.4. The first-order valence-corrected chi connectivity index (χ1v) is 13.1. The number of carbonyl (C=O) groups is 2. The van der Waals surface area contributed by atoms with E-state index in [0.717, 1.165) is 10.1 Å². The number of allylic oxidation sites excluding steroid dienone is 4. The lowest BCUT2D eigenvalue weighted by atomic mass is 9.51. The minimum Gasteiger partial charge on any atom is -0.491 e. The van der Waals surface area contributed by atoms with E-state index in [0.29, 0.717) is 22.6 Å². The standard InChI is InChI=1S/C30H29N3O6/c1-18-16-24(35)22-17-23-20(12-13-31-28(37)32(29(38)33(23)31)19-8-4-3-5-9-19)26(30(22,2)27(18)36)21-10-6-7-11-25(21)39-15-14-34/h3-12,16,22-23,26,34H,13-15,17H2,1-2H3/t22-,23+,26+,30+/m0/s1. The van der Waals surface area contributed by atoms with Crippen LogP contribution >= 0.6 is 0 Å². The van der Waals surface area contributed by atoms with E-state index in [4.69, 9.17) is 4.74 Å². The lowest BCUT2D eigenvalue weighted by Crippen LogP contribution is -2.54. The number of aliphatic hydroxyl groups is 1. The number of nitrogens with zero attached hydrogens (tertiary/aromatic N) is 3. The number of carbonyl (C=O) groups excluding carboxylic acids is 2. The van der Waals surface area contributed by atoms with E-state index < -0.39 is 34.7 Å². The van der Waals surface area contributed by atoms with Gasteiger partial charge in [0.1, 0.15) is 12.4 Å². The van der Waals surface area contributed by atoms with Crippen molar-refractivity contribution in [1.29, 1.82) is 0 Å². The zero-order chi connectivity index (χ0) is 27.5. The molecule has 200 valence electrons. The van der Waals surface area contributed by atoms with Gasteiger partial charge in [-0.25, -0.2) is 23.5 Å². The lowest BCUT2D eigenvalue weighted by molar-refractivity contribution is -0.139. The summed E-state index contributed by atoms with van der Waals surface area (Å²) >= 11 is 0. The molecule has 1 aliphatic heterocycles. The summed E-state index contributed by atoms with van der Waals surface area (Å²) in [5.41, 5.74) is 0.302. The Balaban J connectivity index is 1.59. The third-order valence-electron chi connectivity index (χ3n) is 8.50. The molecular formula is C30H29N3O6. The van der Waals surface area contributed by atoms with E-state index in [2.05, 4.69) is 0 Å². The maximum atomic E-state index is 13.9. The quantitative estimate of drug-likeness (QED) is 0.511. The average molecular weight is 528 g/mol. The van der Waals surface area contributed by atoms with Gasteiger partial charge in [0.05, 0.1) is 30.3 Å². The summed E-state index contributed by atoms with van der Waals surface area (Å²) < 4.78 is 9.91. The fraction of sp³-hybridized carbons (Fsp3) is 0.333. The van der Waals surface area contributed by atoms with Gasteiger partial charge in [0.15, 0.2) is 11.6 Å². The van der Waals surface area contributed by atoms with Gasteiger partial charge in [-0.05, 0) is 48.8 Å². The molecular weight excluding hydrogens is 498 g/mol. The Bertz CT molecular complexity index is 1670. The van der Waals surface area contributed by atoms with Crippen molar-refractivity contribution in [2.45, 2.75) is 38.8 Å². The van der Waals surface area contributed by atoms with Gasteiger partial charge in [0.2, 0.25) is 0 Å². The molecule has 0 bridgehead atoms. The molecule has 3 aromatic rings. The molecule has 2 aliphatic carbocycles. The van der Waals surface area contributed by atoms with Crippen LogP contribution in [0.1, 0.15) is 37.8 Å². The van der Waals surface area contributed by atoms with Crippen molar-refractivity contribution in [3.05, 3.63) is 104 Å². The van der Waals surface area contributed by atoms with Crippen molar-refractivity contribution >= 4 is 11.6 Å². The fourth-order valence-corrected chi connectivity index (χ4v) is 6.81. The van der Waals surface area contributed by atoms with Crippen LogP contribution in [0.3, 0.4) is 0 Å². The number of aliphatic hydroxyl groups excluding tert-OH is 1. The van der Waals surface area contributed by atoms with E-state index in [1.807, 2.05) is 37.3 Å². The van der Waals surface area contributed by atoms with Crippen LogP contribution in [0.4, 0.5) is 0 Å². The van der Waals surface area contributed by atoms with E-state index in [1.165, 1.54) is 15.4 Å². The highest BCUT2D eigenvalue weighted by molar-refractivity contribution is 6.13. The molecule has 0 amide bonds. The van der Waals surface area contributed by atoms with Crippen molar-refractivity contribution in [3.8, 4) is 11.4 Å². The van der Waals surface area contributed by atoms with Gasteiger partial charge in [-0.1, -0.05) is 49.4 Å². The van der Waals surface area contributed by atoms with Crippen LogP contribution in [0.15, 0.2) is 87.5 Å². The molecule has 3 aliphatic rings. The number of fused-ring (bicyclic) bond motifs is 4. The number of ether oxygens (including phenoxy) is 1. The Morgan fingerprint density at radius 1 is 1.00 bits per heavy atom. The highest BCUT2D eigenvalue weighted by Crippen LogP contribution is 2.60. The smallest absolute Gasteiger partial charge is 0.352 e. The van der Waals surface area contributed by atoms with Gasteiger partial charge >= 0.3 is 11.4 Å². The van der Waals surface area contributed by atoms with Gasteiger partial charge in [-0.2, -0.15) is 0 Å². The molecule has 9 nitrogen and oxygen atoms in total. The van der Waals surface area contributed by atoms with Gasteiger partial charge in [-0.15, -0.1) is 0 Å². The summed E-state index contributed by atoms with van der Waals surface area (Å²) in [5.74, 6) is -1.08. The summed E-state index contributed by atoms with van der Waals surface area (Å²) in [5, 5.41) is 9.41. The summed E-state index contributed by atoms with van der Waals surface area (Å²) in [4.78, 5) is 54.7. The second-order valence-electron chi connectivity index (χ2n) is 10.6. The molecule has 0 unspecified atom stereocenters. The number of para-hydroxylation sites is 2. The van der Waals surface area contributed by atoms with E-state index in [9.17, 15) is 24.3 Å². The summed E-state index contributed by atoms with van der Waals surface area (Å²) in [7, 11) is 0. The topological polar surface area (TPSA) is 113 Å². The highest BCUT2D eigenvalue weighted by atomic mass is 16.5. The number of benzene rings is 2. The molecule has 9 heteroatoms. The van der Waals surface area contributed by atoms with Crippen LogP contribution in [-0.4, -0.2) is 43.8 Å². The molecule has 0 spiro atoms. The number of ketones is 2. The third-order valence-corrected chi connectivity index (χ3v) is 8.50. The number of hydrogen-bond acceptors (Lipinski definition) is 6. The molecule has 1 saturated carbocycles. The Labute approximate surface area is 224 Å². The summed E-state index contributed by atoms with van der Waals surface area (Å²) in [6.07, 6.45) is 3.54. The van der Waals surface area contributed by atoms with E-state index >= 15 is 0 Å². The van der Waals surface area contributed by atoms with Crippen LogP contribution in [-0.2, 0) is 16.1 Å². The molecule has 6 rings (SSSR count). The molecule has 4 atom stereocenters. The van der Waals surface area contributed by atoms with Gasteiger partial charge in [0.25, 0.3) is 0 Å². The zero-order valence-corrected chi connectivity index (χ0v) is 21.7. The van der Waals surface area contributed by atoms with Crippen LogP contribution in [0.5, 0.6) is 5.75 Å². The molecule has 1 N–H and O–H groups in total. The Morgan fingerprint density at radius 3 is 2.46 bits per heavy atom. The molecule has 2 heterocycles. The number of aromatic nitrogens is 3. The van der Waals surface area contributed by atoms with Crippen molar-refractivity contribution in [3.63, 3.8) is 0 Å². The van der Waals surface area contributed by atoms with E-state index in [1.54, 1.807) is 37.3 Å². The maximum absolute atomic E-state index is 13.9. The largest absolute Gasteiger partial charge is 0.491 e. The van der Waals surface area contributed by atoms with Crippen molar-refractivity contribution < 1.29 is 19.4 Å². The van der Waals surface area contributed by atoms with Crippen LogP contribution < -0.4 is 16.1 Å². The summed E-state index contributed by atoms with van der Waals surface area (Å²) in [6.45, 7) is 3.53. The van der Waals surface area contributed by atoms with Crippen molar-refractivity contribution in [1.82, 2.24) is 13.9 Å². The SMILES string of the molecule is CC1=CC(=O)[C@@H]2C[C@@H]3C(=CCn4c(=O)n(-c5ccccc5)c(=O)n43)[C@H](c3ccccc3OCCO)[C@]2(C)C1=O. The predicted molar refractivity (Wildman–Crippen MR) is 143 cm³/mol. The first-order valence-electron chi connectivity index (χ1n) is 13.1. The van der Waals surface area contributed by atoms with Crippen LogP contribution in [0.25, 0.3) is 5.69 Å². The fourth-order valence-electron chi connectivity index (χ4n) is 6.81. The highest BCUT2D eigenvalue weighted by Gasteiger charge is 2.60. The molecule has 1 fully saturated rings. The Kier molecular flexibility index (Phi) is 5.91. The second-order valence-corrected chi connectivity index (χ2v) is 10.6. The van der Waals surface area contributed by atoms with Crippen molar-refractivity contribution in [2.75, 3.05) is 13.2 Å². The van der Waals surface area contributed by atoms with Gasteiger partial charge in [0, 0.05) is 17.4 Å². The van der Waals surface area contributed by atoms with E-state index in [-0.39, 0.29) is 37.7 Å². The van der Waals surface area contributed by atoms with Gasteiger partial charge < -0.3 is 9.84 Å². The minimum atomic E-state index is -1.12. The lowest BCUT2D eigenvalue weighted by Gasteiger charge is -2.52. The molecule has 0 saturated heterocycles. The first kappa shape index (κ1) is 25.1.